The lowest BCUT2D eigenvalue weighted by Crippen LogP contribution is -2.36. The van der Waals surface area contributed by atoms with Crippen molar-refractivity contribution in [1.82, 2.24) is 4.90 Å². The summed E-state index contributed by atoms with van der Waals surface area (Å²) >= 11 is 0. The summed E-state index contributed by atoms with van der Waals surface area (Å²) in [5.41, 5.74) is 0.828. The van der Waals surface area contributed by atoms with E-state index in [4.69, 9.17) is 14.2 Å². The lowest BCUT2D eigenvalue weighted by Gasteiger charge is -2.22. The molecule has 0 saturated heterocycles. The Labute approximate surface area is 162 Å². The molecule has 1 amide bonds. The van der Waals surface area contributed by atoms with Crippen LogP contribution in [-0.4, -0.2) is 50.7 Å². The maximum absolute atomic E-state index is 12.4. The topological polar surface area (TPSA) is 65.1 Å². The third-order valence-electron chi connectivity index (χ3n) is 3.97. The van der Waals surface area contributed by atoms with Gasteiger partial charge in [0.2, 0.25) is 5.91 Å². The molecule has 1 unspecified atom stereocenters. The fraction of sp³-hybridized carbons (Fsp3) is 0.524. The number of esters is 1. The molecule has 6 nitrogen and oxygen atoms in total. The standard InChI is InChI=1S/C21H31NO5/c1-7-22(13-16(4)21(24)26-6)20(23)11-9-17-8-10-18(19(12-17)25-5)27-14-15(2)3/h8-12,15-16H,7,13-14H2,1-6H3/b11-9+. The van der Waals surface area contributed by atoms with Crippen LogP contribution in [0.2, 0.25) is 0 Å². The van der Waals surface area contributed by atoms with Gasteiger partial charge in [-0.15, -0.1) is 0 Å². The number of rotatable bonds is 10. The molecule has 1 aromatic carbocycles. The average molecular weight is 377 g/mol. The number of carbonyl (C=O) groups excluding carboxylic acids is 2. The van der Waals surface area contributed by atoms with E-state index in [0.29, 0.717) is 37.1 Å². The summed E-state index contributed by atoms with van der Waals surface area (Å²) < 4.78 is 15.8. The van der Waals surface area contributed by atoms with Gasteiger partial charge >= 0.3 is 5.97 Å². The number of carbonyl (C=O) groups is 2. The maximum atomic E-state index is 12.4. The Morgan fingerprint density at radius 3 is 2.41 bits per heavy atom. The van der Waals surface area contributed by atoms with Crippen LogP contribution in [0.4, 0.5) is 0 Å². The molecule has 150 valence electrons. The molecule has 6 heteroatoms. The van der Waals surface area contributed by atoms with Crippen LogP contribution in [0.1, 0.15) is 33.3 Å². The van der Waals surface area contributed by atoms with E-state index in [1.165, 1.54) is 13.2 Å². The molecule has 1 rings (SSSR count). The first-order valence-electron chi connectivity index (χ1n) is 9.17. The Hall–Kier alpha value is -2.50. The molecule has 0 heterocycles. The summed E-state index contributed by atoms with van der Waals surface area (Å²) in [6.45, 7) is 9.21. The van der Waals surface area contributed by atoms with E-state index in [1.807, 2.05) is 25.1 Å². The van der Waals surface area contributed by atoms with Gasteiger partial charge in [-0.25, -0.2) is 0 Å². The van der Waals surface area contributed by atoms with Gasteiger partial charge in [-0.1, -0.05) is 26.8 Å². The van der Waals surface area contributed by atoms with Crippen molar-refractivity contribution >= 4 is 18.0 Å². The van der Waals surface area contributed by atoms with Gasteiger partial charge in [0, 0.05) is 19.2 Å². The number of likely N-dealkylation sites (N-methyl/N-ethyl adjacent to an activating group) is 1. The zero-order valence-corrected chi connectivity index (χ0v) is 17.2. The summed E-state index contributed by atoms with van der Waals surface area (Å²) in [5, 5.41) is 0. The van der Waals surface area contributed by atoms with Gasteiger partial charge in [-0.2, -0.15) is 0 Å². The highest BCUT2D eigenvalue weighted by molar-refractivity contribution is 5.92. The van der Waals surface area contributed by atoms with E-state index in [2.05, 4.69) is 13.8 Å². The zero-order valence-electron chi connectivity index (χ0n) is 17.2. The smallest absolute Gasteiger partial charge is 0.310 e. The van der Waals surface area contributed by atoms with E-state index in [-0.39, 0.29) is 17.8 Å². The van der Waals surface area contributed by atoms with Crippen molar-refractivity contribution in [2.24, 2.45) is 11.8 Å². The van der Waals surface area contributed by atoms with E-state index < -0.39 is 0 Å². The Morgan fingerprint density at radius 2 is 1.85 bits per heavy atom. The zero-order chi connectivity index (χ0) is 20.4. The highest BCUT2D eigenvalue weighted by atomic mass is 16.5. The molecule has 0 bridgehead atoms. The van der Waals surface area contributed by atoms with Crippen LogP contribution in [0, 0.1) is 11.8 Å². The quantitative estimate of drug-likeness (QED) is 0.462. The molecule has 0 aliphatic rings. The summed E-state index contributed by atoms with van der Waals surface area (Å²) in [6, 6.07) is 5.53. The molecule has 0 saturated carbocycles. The highest BCUT2D eigenvalue weighted by Gasteiger charge is 2.19. The van der Waals surface area contributed by atoms with Crippen molar-refractivity contribution in [3.8, 4) is 11.5 Å². The summed E-state index contributed by atoms with van der Waals surface area (Å²) in [7, 11) is 2.93. The fourth-order valence-corrected chi connectivity index (χ4v) is 2.42. The monoisotopic (exact) mass is 377 g/mol. The Bertz CT molecular complexity index is 654. The van der Waals surface area contributed by atoms with Crippen LogP contribution in [0.25, 0.3) is 6.08 Å². The van der Waals surface area contributed by atoms with E-state index in [9.17, 15) is 9.59 Å². The number of nitrogens with zero attached hydrogens (tertiary/aromatic N) is 1. The third kappa shape index (κ3) is 7.33. The van der Waals surface area contributed by atoms with Crippen LogP contribution >= 0.6 is 0 Å². The number of methoxy groups -OCH3 is 2. The van der Waals surface area contributed by atoms with Crippen LogP contribution in [-0.2, 0) is 14.3 Å². The van der Waals surface area contributed by atoms with Gasteiger partial charge in [-0.05, 0) is 36.6 Å². The molecular weight excluding hydrogens is 346 g/mol. The van der Waals surface area contributed by atoms with Gasteiger partial charge in [0.1, 0.15) is 0 Å². The van der Waals surface area contributed by atoms with Crippen molar-refractivity contribution in [1.29, 1.82) is 0 Å². The number of benzene rings is 1. The molecular formula is C21H31NO5. The molecule has 0 radical (unpaired) electrons. The van der Waals surface area contributed by atoms with Crippen LogP contribution in [0.5, 0.6) is 11.5 Å². The number of hydrogen-bond acceptors (Lipinski definition) is 5. The second-order valence-electron chi connectivity index (χ2n) is 6.75. The normalized spacial score (nSPS) is 12.1. The fourth-order valence-electron chi connectivity index (χ4n) is 2.42. The lowest BCUT2D eigenvalue weighted by molar-refractivity contribution is -0.146. The number of amides is 1. The predicted molar refractivity (Wildman–Crippen MR) is 106 cm³/mol. The van der Waals surface area contributed by atoms with Gasteiger partial charge in [0.15, 0.2) is 11.5 Å². The van der Waals surface area contributed by atoms with Gasteiger partial charge in [-0.3, -0.25) is 9.59 Å². The van der Waals surface area contributed by atoms with Crippen LogP contribution in [0.3, 0.4) is 0 Å². The summed E-state index contributed by atoms with van der Waals surface area (Å²) in [6.07, 6.45) is 3.22. The lowest BCUT2D eigenvalue weighted by atomic mass is 10.1. The molecule has 0 aromatic heterocycles. The molecule has 1 aromatic rings. The van der Waals surface area contributed by atoms with E-state index in [1.54, 1.807) is 25.0 Å². The minimum absolute atomic E-state index is 0.160. The largest absolute Gasteiger partial charge is 0.493 e. The molecule has 0 aliphatic carbocycles. The Kier molecular flexibility index (Phi) is 9.40. The third-order valence-corrected chi connectivity index (χ3v) is 3.97. The minimum atomic E-state index is -0.371. The molecule has 0 fully saturated rings. The van der Waals surface area contributed by atoms with Crippen LogP contribution < -0.4 is 9.47 Å². The SMILES string of the molecule is CCN(CC(C)C(=O)OC)C(=O)/C=C/c1ccc(OCC(C)C)c(OC)c1. The molecule has 0 aliphatic heterocycles. The van der Waals surface area contributed by atoms with Crippen molar-refractivity contribution in [3.05, 3.63) is 29.8 Å². The van der Waals surface area contributed by atoms with Crippen LogP contribution in [0.15, 0.2) is 24.3 Å². The summed E-state index contributed by atoms with van der Waals surface area (Å²) in [5.74, 6) is 0.858. The van der Waals surface area contributed by atoms with Crippen molar-refractivity contribution in [2.45, 2.75) is 27.7 Å². The van der Waals surface area contributed by atoms with Gasteiger partial charge in [0.25, 0.3) is 0 Å². The van der Waals surface area contributed by atoms with Gasteiger partial charge < -0.3 is 19.1 Å². The minimum Gasteiger partial charge on any atom is -0.493 e. The molecule has 27 heavy (non-hydrogen) atoms. The average Bonchev–Trinajstić information content (AvgIpc) is 2.67. The highest BCUT2D eigenvalue weighted by Crippen LogP contribution is 2.29. The van der Waals surface area contributed by atoms with E-state index >= 15 is 0 Å². The van der Waals surface area contributed by atoms with E-state index in [0.717, 1.165) is 5.56 Å². The Balaban J connectivity index is 2.81. The van der Waals surface area contributed by atoms with Crippen molar-refractivity contribution in [3.63, 3.8) is 0 Å². The first-order valence-corrected chi connectivity index (χ1v) is 9.17. The van der Waals surface area contributed by atoms with Crippen molar-refractivity contribution < 1.29 is 23.8 Å². The first kappa shape index (κ1) is 22.5. The second kappa shape index (κ2) is 11.3. The Morgan fingerprint density at radius 1 is 1.15 bits per heavy atom. The number of ether oxygens (including phenoxy) is 3. The number of hydrogen-bond donors (Lipinski definition) is 0. The first-order chi connectivity index (χ1) is 12.8. The molecule has 0 spiro atoms. The predicted octanol–water partition coefficient (Wildman–Crippen LogP) is 3.40. The van der Waals surface area contributed by atoms with Crippen molar-refractivity contribution in [2.75, 3.05) is 33.9 Å². The molecule has 1 atom stereocenters. The van der Waals surface area contributed by atoms with Gasteiger partial charge in [0.05, 0.1) is 26.7 Å². The molecule has 0 N–H and O–H groups in total. The summed E-state index contributed by atoms with van der Waals surface area (Å²) in [4.78, 5) is 25.6. The maximum Gasteiger partial charge on any atom is 0.310 e. The second-order valence-corrected chi connectivity index (χ2v) is 6.75.